The Labute approximate surface area is 170 Å². The van der Waals surface area contributed by atoms with Crippen molar-refractivity contribution in [1.82, 2.24) is 9.21 Å². The first-order valence-electron chi connectivity index (χ1n) is 10.3. The van der Waals surface area contributed by atoms with Gasteiger partial charge in [0.2, 0.25) is 10.0 Å². The lowest BCUT2D eigenvalue weighted by atomic mass is 9.98. The first-order chi connectivity index (χ1) is 13.1. The monoisotopic (exact) mass is 409 g/mol. The van der Waals surface area contributed by atoms with Crippen LogP contribution in [0.4, 0.5) is 5.69 Å². The quantitative estimate of drug-likeness (QED) is 0.692. The van der Waals surface area contributed by atoms with E-state index in [1.165, 1.54) is 4.31 Å². The summed E-state index contributed by atoms with van der Waals surface area (Å²) < 4.78 is 27.4. The topological polar surface area (TPSA) is 60.9 Å². The van der Waals surface area contributed by atoms with E-state index < -0.39 is 10.0 Å². The van der Waals surface area contributed by atoms with E-state index in [0.29, 0.717) is 24.6 Å². The van der Waals surface area contributed by atoms with Gasteiger partial charge in [-0.05, 0) is 50.8 Å². The fourth-order valence-corrected chi connectivity index (χ4v) is 4.99. The van der Waals surface area contributed by atoms with Crippen molar-refractivity contribution >= 4 is 21.6 Å². The molecule has 0 radical (unpaired) electrons. The molecule has 2 rings (SSSR count). The maximum Gasteiger partial charge on any atom is 0.255 e. The number of sulfonamides is 1. The van der Waals surface area contributed by atoms with Gasteiger partial charge in [0.25, 0.3) is 5.91 Å². The zero-order valence-corrected chi connectivity index (χ0v) is 18.9. The van der Waals surface area contributed by atoms with Gasteiger partial charge in [-0.15, -0.1) is 0 Å². The Morgan fingerprint density at radius 1 is 1.18 bits per heavy atom. The molecule has 0 saturated carbocycles. The first-order valence-corrected chi connectivity index (χ1v) is 11.7. The average Bonchev–Trinajstić information content (AvgIpc) is 2.67. The summed E-state index contributed by atoms with van der Waals surface area (Å²) in [5, 5.41) is 0. The number of nitrogens with zero attached hydrogens (tertiary/aromatic N) is 3. The Morgan fingerprint density at radius 2 is 1.75 bits per heavy atom. The minimum absolute atomic E-state index is 0.0322. The molecule has 1 aromatic rings. The van der Waals surface area contributed by atoms with Crippen LogP contribution in [0, 0.1) is 5.92 Å². The Bertz CT molecular complexity index is 780. The molecule has 0 N–H and O–H groups in total. The molecule has 0 spiro atoms. The molecule has 0 atom stereocenters. The van der Waals surface area contributed by atoms with Crippen LogP contribution < -0.4 is 4.90 Å². The summed E-state index contributed by atoms with van der Waals surface area (Å²) >= 11 is 0. The summed E-state index contributed by atoms with van der Waals surface area (Å²) in [6.45, 7) is 12.4. The third-order valence-corrected chi connectivity index (χ3v) is 7.81. The van der Waals surface area contributed by atoms with Gasteiger partial charge < -0.3 is 9.80 Å². The largest absolute Gasteiger partial charge is 0.371 e. The molecule has 1 heterocycles. The molecule has 28 heavy (non-hydrogen) atoms. The summed E-state index contributed by atoms with van der Waals surface area (Å²) in [5.41, 5.74) is 1.31. The number of rotatable bonds is 7. The van der Waals surface area contributed by atoms with Gasteiger partial charge in [0.05, 0.1) is 10.5 Å². The standard InChI is InChI=1S/C21H35N3O3S/c1-7-24(8-2)28(26,27)18-9-10-20(23-13-11-17(5)12-14-23)19(15-18)21(25)22(6)16(3)4/h9-10,15-17H,7-8,11-14H2,1-6H3. The summed E-state index contributed by atoms with van der Waals surface area (Å²) in [6, 6.07) is 5.06. The lowest BCUT2D eigenvalue weighted by Gasteiger charge is -2.34. The SMILES string of the molecule is CCN(CC)S(=O)(=O)c1ccc(N2CCC(C)CC2)c(C(=O)N(C)C(C)C)c1. The van der Waals surface area contributed by atoms with Crippen molar-refractivity contribution in [1.29, 1.82) is 0 Å². The third-order valence-electron chi connectivity index (χ3n) is 5.76. The number of benzene rings is 1. The highest BCUT2D eigenvalue weighted by Crippen LogP contribution is 2.30. The van der Waals surface area contributed by atoms with Gasteiger partial charge in [-0.25, -0.2) is 8.42 Å². The van der Waals surface area contributed by atoms with Crippen molar-refractivity contribution in [3.63, 3.8) is 0 Å². The molecule has 1 amide bonds. The molecule has 0 aromatic heterocycles. The maximum absolute atomic E-state index is 13.2. The molecule has 1 aromatic carbocycles. The molecule has 1 saturated heterocycles. The Kier molecular flexibility index (Phi) is 7.51. The summed E-state index contributed by atoms with van der Waals surface area (Å²) in [6.07, 6.45) is 2.15. The van der Waals surface area contributed by atoms with Crippen molar-refractivity contribution in [2.24, 2.45) is 5.92 Å². The molecular formula is C21H35N3O3S. The Morgan fingerprint density at radius 3 is 2.25 bits per heavy atom. The average molecular weight is 410 g/mol. The molecule has 7 heteroatoms. The van der Waals surface area contributed by atoms with Crippen molar-refractivity contribution < 1.29 is 13.2 Å². The zero-order valence-electron chi connectivity index (χ0n) is 18.1. The zero-order chi connectivity index (χ0) is 21.1. The number of hydrogen-bond donors (Lipinski definition) is 0. The highest BCUT2D eigenvalue weighted by molar-refractivity contribution is 7.89. The van der Waals surface area contributed by atoms with Crippen LogP contribution in [0.1, 0.15) is 57.8 Å². The Hall–Kier alpha value is -1.60. The Balaban J connectivity index is 2.53. The van der Waals surface area contributed by atoms with E-state index in [1.54, 1.807) is 24.1 Å². The predicted octanol–water partition coefficient (Wildman–Crippen LogP) is 3.43. The molecule has 6 nitrogen and oxygen atoms in total. The molecule has 0 bridgehead atoms. The number of anilines is 1. The van der Waals surface area contributed by atoms with Gasteiger partial charge in [-0.3, -0.25) is 4.79 Å². The van der Waals surface area contributed by atoms with E-state index in [1.807, 2.05) is 33.8 Å². The van der Waals surface area contributed by atoms with Crippen LogP contribution in [0.3, 0.4) is 0 Å². The van der Waals surface area contributed by atoms with Crippen molar-refractivity contribution in [2.45, 2.75) is 58.4 Å². The van der Waals surface area contributed by atoms with Crippen molar-refractivity contribution in [3.05, 3.63) is 23.8 Å². The van der Waals surface area contributed by atoms with Gasteiger partial charge in [0.1, 0.15) is 0 Å². The molecule has 1 fully saturated rings. The molecule has 1 aliphatic rings. The van der Waals surface area contributed by atoms with Crippen LogP contribution in [0.25, 0.3) is 0 Å². The van der Waals surface area contributed by atoms with Crippen molar-refractivity contribution in [2.75, 3.05) is 38.1 Å². The van der Waals surface area contributed by atoms with Crippen LogP contribution in [0.15, 0.2) is 23.1 Å². The third kappa shape index (κ3) is 4.69. The molecular weight excluding hydrogens is 374 g/mol. The van der Waals surface area contributed by atoms with Gasteiger partial charge in [-0.1, -0.05) is 20.8 Å². The highest BCUT2D eigenvalue weighted by atomic mass is 32.2. The predicted molar refractivity (Wildman–Crippen MR) is 114 cm³/mol. The number of amides is 1. The lowest BCUT2D eigenvalue weighted by Crippen LogP contribution is -2.37. The van der Waals surface area contributed by atoms with Gasteiger partial charge in [0, 0.05) is 45.0 Å². The summed E-state index contributed by atoms with van der Waals surface area (Å²) in [7, 11) is -1.85. The molecule has 1 aliphatic heterocycles. The molecule has 0 unspecified atom stereocenters. The fourth-order valence-electron chi connectivity index (χ4n) is 3.51. The lowest BCUT2D eigenvalue weighted by molar-refractivity contribution is 0.0755. The van der Waals surface area contributed by atoms with E-state index >= 15 is 0 Å². The van der Waals surface area contributed by atoms with Crippen LogP contribution >= 0.6 is 0 Å². The number of carbonyl (C=O) groups is 1. The van der Waals surface area contributed by atoms with E-state index in [4.69, 9.17) is 0 Å². The van der Waals surface area contributed by atoms with Crippen LogP contribution in [-0.2, 0) is 10.0 Å². The summed E-state index contributed by atoms with van der Waals surface area (Å²) in [5.74, 6) is 0.538. The fraction of sp³-hybridized carbons (Fsp3) is 0.667. The first kappa shape index (κ1) is 22.7. The molecule has 158 valence electrons. The van der Waals surface area contributed by atoms with E-state index in [2.05, 4.69) is 11.8 Å². The molecule has 0 aliphatic carbocycles. The van der Waals surface area contributed by atoms with Gasteiger partial charge in [0.15, 0.2) is 0 Å². The second-order valence-electron chi connectivity index (χ2n) is 7.95. The van der Waals surface area contributed by atoms with Gasteiger partial charge in [-0.2, -0.15) is 4.31 Å². The van der Waals surface area contributed by atoms with E-state index in [9.17, 15) is 13.2 Å². The van der Waals surface area contributed by atoms with E-state index in [-0.39, 0.29) is 16.8 Å². The maximum atomic E-state index is 13.2. The summed E-state index contributed by atoms with van der Waals surface area (Å²) in [4.78, 5) is 17.3. The van der Waals surface area contributed by atoms with Crippen LogP contribution in [-0.4, -0.2) is 62.8 Å². The normalized spacial score (nSPS) is 16.1. The number of hydrogen-bond acceptors (Lipinski definition) is 4. The highest BCUT2D eigenvalue weighted by Gasteiger charge is 2.28. The smallest absolute Gasteiger partial charge is 0.255 e. The van der Waals surface area contributed by atoms with Crippen LogP contribution in [0.2, 0.25) is 0 Å². The second kappa shape index (κ2) is 9.27. The minimum Gasteiger partial charge on any atom is -0.371 e. The number of carbonyl (C=O) groups excluding carboxylic acids is 1. The van der Waals surface area contributed by atoms with Gasteiger partial charge >= 0.3 is 0 Å². The second-order valence-corrected chi connectivity index (χ2v) is 9.89. The van der Waals surface area contributed by atoms with E-state index in [0.717, 1.165) is 31.6 Å². The van der Waals surface area contributed by atoms with Crippen LogP contribution in [0.5, 0.6) is 0 Å². The minimum atomic E-state index is -3.62. The number of piperidine rings is 1. The van der Waals surface area contributed by atoms with Crippen molar-refractivity contribution in [3.8, 4) is 0 Å².